The predicted molar refractivity (Wildman–Crippen MR) is 144 cm³/mol. The van der Waals surface area contributed by atoms with E-state index in [0.29, 0.717) is 25.9 Å². The standard InChI is InChI=1S/C30H33N3O4/c1-21-9-12-27(13-10-21)33-22(2)19-25(23(33)3)11-14-29(35)37-20-28(34)32-17-15-24(16-18-32)30(36)31-26-7-5-4-6-8-26/h4-14,19,24H,15-18,20H2,1-3H3,(H,31,36)/b14-11-. The zero-order chi connectivity index (χ0) is 26.4. The molecule has 1 aliphatic rings. The van der Waals surface area contributed by atoms with Crippen LogP contribution in [0.4, 0.5) is 5.69 Å². The number of nitrogens with one attached hydrogen (secondary N) is 1. The van der Waals surface area contributed by atoms with Gasteiger partial charge in [-0.15, -0.1) is 0 Å². The number of carbonyl (C=O) groups excluding carboxylic acids is 3. The van der Waals surface area contributed by atoms with Crippen LogP contribution in [0.2, 0.25) is 0 Å². The summed E-state index contributed by atoms with van der Waals surface area (Å²) in [6.07, 6.45) is 4.23. The molecule has 192 valence electrons. The number of anilines is 1. The lowest BCUT2D eigenvalue weighted by Gasteiger charge is -2.31. The molecule has 1 aromatic heterocycles. The number of benzene rings is 2. The normalized spacial score (nSPS) is 14.1. The van der Waals surface area contributed by atoms with Gasteiger partial charge in [0.15, 0.2) is 6.61 Å². The second-order valence-electron chi connectivity index (χ2n) is 9.45. The van der Waals surface area contributed by atoms with E-state index in [1.807, 2.05) is 50.2 Å². The Hall–Kier alpha value is -4.13. The van der Waals surface area contributed by atoms with Gasteiger partial charge in [0, 0.05) is 47.8 Å². The molecule has 0 aliphatic carbocycles. The molecule has 0 radical (unpaired) electrons. The summed E-state index contributed by atoms with van der Waals surface area (Å²) in [6.45, 7) is 6.69. The molecule has 1 saturated heterocycles. The van der Waals surface area contributed by atoms with Crippen molar-refractivity contribution in [1.29, 1.82) is 0 Å². The van der Waals surface area contributed by atoms with Crippen LogP contribution in [0.1, 0.15) is 35.4 Å². The number of likely N-dealkylation sites (tertiary alicyclic amines) is 1. The van der Waals surface area contributed by atoms with Crippen LogP contribution in [-0.2, 0) is 19.1 Å². The lowest BCUT2D eigenvalue weighted by molar-refractivity contribution is -0.149. The third-order valence-corrected chi connectivity index (χ3v) is 6.76. The number of nitrogens with zero attached hydrogens (tertiary/aromatic N) is 2. The molecule has 0 atom stereocenters. The Morgan fingerprint density at radius 2 is 1.65 bits per heavy atom. The highest BCUT2D eigenvalue weighted by Crippen LogP contribution is 2.23. The monoisotopic (exact) mass is 499 g/mol. The maximum Gasteiger partial charge on any atom is 0.331 e. The largest absolute Gasteiger partial charge is 0.452 e. The summed E-state index contributed by atoms with van der Waals surface area (Å²) < 4.78 is 7.34. The lowest BCUT2D eigenvalue weighted by atomic mass is 9.95. The fourth-order valence-electron chi connectivity index (χ4n) is 4.63. The van der Waals surface area contributed by atoms with E-state index in [1.165, 1.54) is 11.6 Å². The van der Waals surface area contributed by atoms with Crippen LogP contribution in [0.25, 0.3) is 11.8 Å². The SMILES string of the molecule is Cc1ccc(-n2c(C)cc(/C=C\C(=O)OCC(=O)N3CCC(C(=O)Nc4ccccc4)CC3)c2C)cc1. The van der Waals surface area contributed by atoms with Gasteiger partial charge in [-0.25, -0.2) is 4.79 Å². The highest BCUT2D eigenvalue weighted by Gasteiger charge is 2.27. The van der Waals surface area contributed by atoms with Crippen molar-refractivity contribution in [1.82, 2.24) is 9.47 Å². The maximum absolute atomic E-state index is 12.5. The Morgan fingerprint density at radius 3 is 2.32 bits per heavy atom. The fraction of sp³-hybridized carbons (Fsp3) is 0.300. The maximum atomic E-state index is 12.5. The molecule has 0 bridgehead atoms. The van der Waals surface area contributed by atoms with Crippen molar-refractivity contribution in [2.24, 2.45) is 5.92 Å². The Balaban J connectivity index is 1.24. The average Bonchev–Trinajstić information content (AvgIpc) is 3.19. The summed E-state index contributed by atoms with van der Waals surface area (Å²) in [7, 11) is 0. The fourth-order valence-corrected chi connectivity index (χ4v) is 4.63. The van der Waals surface area contributed by atoms with Crippen LogP contribution in [0.15, 0.2) is 66.7 Å². The highest BCUT2D eigenvalue weighted by atomic mass is 16.5. The molecule has 37 heavy (non-hydrogen) atoms. The Bertz CT molecular complexity index is 1280. The van der Waals surface area contributed by atoms with Crippen molar-refractivity contribution in [3.8, 4) is 5.69 Å². The van der Waals surface area contributed by atoms with Gasteiger partial charge in [0.05, 0.1) is 0 Å². The molecular formula is C30H33N3O4. The molecule has 2 amide bonds. The first-order chi connectivity index (χ1) is 17.8. The van der Waals surface area contributed by atoms with Gasteiger partial charge in [-0.2, -0.15) is 0 Å². The molecule has 0 spiro atoms. The zero-order valence-corrected chi connectivity index (χ0v) is 21.6. The van der Waals surface area contributed by atoms with E-state index in [9.17, 15) is 14.4 Å². The number of hydrogen-bond acceptors (Lipinski definition) is 4. The van der Waals surface area contributed by atoms with Gasteiger partial charge in [0.25, 0.3) is 5.91 Å². The number of piperidine rings is 1. The third kappa shape index (κ3) is 6.55. The number of rotatable bonds is 7. The van der Waals surface area contributed by atoms with Crippen molar-refractivity contribution in [3.63, 3.8) is 0 Å². The minimum Gasteiger partial charge on any atom is -0.452 e. The molecule has 0 saturated carbocycles. The van der Waals surface area contributed by atoms with Gasteiger partial charge >= 0.3 is 5.97 Å². The molecule has 3 aromatic rings. The summed E-state index contributed by atoms with van der Waals surface area (Å²) >= 11 is 0. The summed E-state index contributed by atoms with van der Waals surface area (Å²) in [5, 5.41) is 2.92. The number of amides is 2. The van der Waals surface area contributed by atoms with Gasteiger partial charge < -0.3 is 19.5 Å². The van der Waals surface area contributed by atoms with Crippen molar-refractivity contribution in [2.75, 3.05) is 25.0 Å². The van der Waals surface area contributed by atoms with Crippen LogP contribution >= 0.6 is 0 Å². The van der Waals surface area contributed by atoms with Gasteiger partial charge in [0.1, 0.15) is 0 Å². The van der Waals surface area contributed by atoms with Crippen molar-refractivity contribution < 1.29 is 19.1 Å². The quantitative estimate of drug-likeness (QED) is 0.373. The predicted octanol–water partition coefficient (Wildman–Crippen LogP) is 4.84. The number of hydrogen-bond donors (Lipinski definition) is 1. The number of aryl methyl sites for hydroxylation is 2. The first-order valence-corrected chi connectivity index (χ1v) is 12.6. The van der Waals surface area contributed by atoms with Crippen molar-refractivity contribution >= 4 is 29.5 Å². The van der Waals surface area contributed by atoms with E-state index in [-0.39, 0.29) is 24.3 Å². The average molecular weight is 500 g/mol. The minimum atomic E-state index is -0.564. The minimum absolute atomic E-state index is 0.0309. The topological polar surface area (TPSA) is 80.6 Å². The molecule has 2 aromatic carbocycles. The third-order valence-electron chi connectivity index (χ3n) is 6.76. The summed E-state index contributed by atoms with van der Waals surface area (Å²) in [5.41, 5.74) is 6.02. The Morgan fingerprint density at radius 1 is 0.973 bits per heavy atom. The zero-order valence-electron chi connectivity index (χ0n) is 21.6. The molecule has 2 heterocycles. The summed E-state index contributed by atoms with van der Waals surface area (Å²) in [6, 6.07) is 19.6. The van der Waals surface area contributed by atoms with Gasteiger partial charge in [-0.1, -0.05) is 35.9 Å². The smallest absolute Gasteiger partial charge is 0.331 e. The van der Waals surface area contributed by atoms with E-state index in [0.717, 1.165) is 28.3 Å². The van der Waals surface area contributed by atoms with Crippen LogP contribution in [0.3, 0.4) is 0 Å². The van der Waals surface area contributed by atoms with Crippen LogP contribution < -0.4 is 5.32 Å². The molecule has 1 aliphatic heterocycles. The molecular weight excluding hydrogens is 466 g/mol. The van der Waals surface area contributed by atoms with E-state index in [1.54, 1.807) is 11.0 Å². The van der Waals surface area contributed by atoms with E-state index in [2.05, 4.69) is 41.1 Å². The number of carbonyl (C=O) groups is 3. The summed E-state index contributed by atoms with van der Waals surface area (Å²) in [5.74, 6) is -0.989. The number of ether oxygens (including phenoxy) is 1. The van der Waals surface area contributed by atoms with Crippen LogP contribution in [0, 0.1) is 26.7 Å². The molecule has 1 fully saturated rings. The summed E-state index contributed by atoms with van der Waals surface area (Å²) in [4.78, 5) is 39.0. The van der Waals surface area contributed by atoms with Crippen molar-refractivity contribution in [3.05, 3.63) is 89.3 Å². The van der Waals surface area contributed by atoms with Gasteiger partial charge in [0.2, 0.25) is 5.91 Å². The number of para-hydroxylation sites is 1. The molecule has 4 rings (SSSR count). The van der Waals surface area contributed by atoms with Crippen LogP contribution in [-0.4, -0.2) is 46.9 Å². The van der Waals surface area contributed by atoms with Crippen LogP contribution in [0.5, 0.6) is 0 Å². The highest BCUT2D eigenvalue weighted by molar-refractivity contribution is 5.93. The number of aromatic nitrogens is 1. The second kappa shape index (κ2) is 11.7. The van der Waals surface area contributed by atoms with Gasteiger partial charge in [-0.05, 0) is 75.6 Å². The van der Waals surface area contributed by atoms with Crippen molar-refractivity contribution in [2.45, 2.75) is 33.6 Å². The second-order valence-corrected chi connectivity index (χ2v) is 9.45. The number of esters is 1. The molecule has 7 nitrogen and oxygen atoms in total. The molecule has 0 unspecified atom stereocenters. The first-order valence-electron chi connectivity index (χ1n) is 12.6. The first kappa shape index (κ1) is 25.9. The molecule has 1 N–H and O–H groups in total. The molecule has 7 heteroatoms. The van der Waals surface area contributed by atoms with Gasteiger partial charge in [-0.3, -0.25) is 9.59 Å². The van der Waals surface area contributed by atoms with E-state index < -0.39 is 5.97 Å². The van der Waals surface area contributed by atoms with E-state index >= 15 is 0 Å². The van der Waals surface area contributed by atoms with E-state index in [4.69, 9.17) is 4.74 Å². The Labute approximate surface area is 217 Å². The Kier molecular flexibility index (Phi) is 8.23. The lowest BCUT2D eigenvalue weighted by Crippen LogP contribution is -2.43.